The molecule has 5 nitrogen and oxygen atoms in total. The standard InChI is InChI=1S/C19H29N5/c1-5-15(3)22-18-11-10-17(14(2)12-21-13-20-4)24-19(18)23-16-8-6-7-9-16/h10-13,15-16,22H,4-9H2,1-3H3,(H,23,24)/b14-12+,21-13-. The highest BCUT2D eigenvalue weighted by atomic mass is 15.1. The zero-order chi connectivity index (χ0) is 17.4. The fourth-order valence-electron chi connectivity index (χ4n) is 2.79. The second-order valence-electron chi connectivity index (χ2n) is 6.43. The summed E-state index contributed by atoms with van der Waals surface area (Å²) >= 11 is 0. The number of anilines is 2. The van der Waals surface area contributed by atoms with Crippen LogP contribution in [0.1, 0.15) is 58.6 Å². The Hall–Kier alpha value is -2.17. The van der Waals surface area contributed by atoms with Crippen LogP contribution >= 0.6 is 0 Å². The number of rotatable bonds is 8. The van der Waals surface area contributed by atoms with Crippen molar-refractivity contribution in [1.29, 1.82) is 0 Å². The van der Waals surface area contributed by atoms with E-state index in [1.807, 2.05) is 13.0 Å². The van der Waals surface area contributed by atoms with Gasteiger partial charge in [-0.05, 0) is 57.5 Å². The lowest BCUT2D eigenvalue weighted by molar-refractivity contribution is 0.743. The topological polar surface area (TPSA) is 61.7 Å². The Morgan fingerprint density at radius 1 is 1.42 bits per heavy atom. The van der Waals surface area contributed by atoms with Crippen molar-refractivity contribution in [2.45, 2.75) is 65.0 Å². The van der Waals surface area contributed by atoms with Crippen LogP contribution in [-0.2, 0) is 0 Å². The fourth-order valence-corrected chi connectivity index (χ4v) is 2.79. The van der Waals surface area contributed by atoms with E-state index in [9.17, 15) is 0 Å². The first-order valence-corrected chi connectivity index (χ1v) is 8.82. The summed E-state index contributed by atoms with van der Waals surface area (Å²) in [5, 5.41) is 7.19. The molecule has 5 heteroatoms. The summed E-state index contributed by atoms with van der Waals surface area (Å²) in [7, 11) is 0. The minimum absolute atomic E-state index is 0.418. The molecule has 1 fully saturated rings. The van der Waals surface area contributed by atoms with Crippen molar-refractivity contribution in [3.8, 4) is 0 Å². The first kappa shape index (κ1) is 18.2. The fraction of sp³-hybridized carbons (Fsp3) is 0.526. The molecule has 1 saturated carbocycles. The number of allylic oxidation sites excluding steroid dienone is 1. The van der Waals surface area contributed by atoms with Gasteiger partial charge in [-0.15, -0.1) is 0 Å². The van der Waals surface area contributed by atoms with Crippen molar-refractivity contribution in [3.63, 3.8) is 0 Å². The summed E-state index contributed by atoms with van der Waals surface area (Å²) in [5.41, 5.74) is 3.00. The van der Waals surface area contributed by atoms with Crippen molar-refractivity contribution < 1.29 is 0 Å². The lowest BCUT2D eigenvalue weighted by atomic mass is 10.1. The number of hydrogen-bond donors (Lipinski definition) is 2. The van der Waals surface area contributed by atoms with Crippen LogP contribution in [0, 0.1) is 0 Å². The minimum Gasteiger partial charge on any atom is -0.380 e. The van der Waals surface area contributed by atoms with Gasteiger partial charge in [-0.1, -0.05) is 19.8 Å². The van der Waals surface area contributed by atoms with Gasteiger partial charge in [-0.3, -0.25) is 4.99 Å². The Balaban J connectivity index is 2.25. The van der Waals surface area contributed by atoms with E-state index in [1.165, 1.54) is 32.0 Å². The van der Waals surface area contributed by atoms with Gasteiger partial charge in [0.05, 0.1) is 11.4 Å². The maximum atomic E-state index is 4.84. The van der Waals surface area contributed by atoms with Crippen molar-refractivity contribution >= 4 is 30.1 Å². The molecule has 1 unspecified atom stereocenters. The normalized spacial score (nSPS) is 17.2. The molecule has 0 aromatic carbocycles. The van der Waals surface area contributed by atoms with Crippen LogP contribution < -0.4 is 10.6 Å². The highest BCUT2D eigenvalue weighted by Gasteiger charge is 2.17. The molecule has 0 aliphatic heterocycles. The lowest BCUT2D eigenvalue weighted by Crippen LogP contribution is -2.20. The van der Waals surface area contributed by atoms with E-state index in [-0.39, 0.29) is 0 Å². The van der Waals surface area contributed by atoms with Gasteiger partial charge in [0.2, 0.25) is 0 Å². The Kier molecular flexibility index (Phi) is 6.97. The van der Waals surface area contributed by atoms with E-state index >= 15 is 0 Å². The van der Waals surface area contributed by atoms with E-state index < -0.39 is 0 Å². The third kappa shape index (κ3) is 5.18. The van der Waals surface area contributed by atoms with Gasteiger partial charge in [0.1, 0.15) is 12.2 Å². The molecule has 0 radical (unpaired) electrons. The molecule has 0 amide bonds. The smallest absolute Gasteiger partial charge is 0.150 e. The van der Waals surface area contributed by atoms with Crippen LogP contribution in [0.3, 0.4) is 0 Å². The second kappa shape index (κ2) is 9.21. The highest BCUT2D eigenvalue weighted by Crippen LogP contribution is 2.28. The molecular weight excluding hydrogens is 298 g/mol. The molecule has 1 aliphatic rings. The summed E-state index contributed by atoms with van der Waals surface area (Å²) in [6, 6.07) is 5.09. The average molecular weight is 327 g/mol. The van der Waals surface area contributed by atoms with Crippen molar-refractivity contribution in [2.24, 2.45) is 9.98 Å². The molecule has 0 saturated heterocycles. The predicted molar refractivity (Wildman–Crippen MR) is 105 cm³/mol. The second-order valence-corrected chi connectivity index (χ2v) is 6.43. The van der Waals surface area contributed by atoms with E-state index in [4.69, 9.17) is 4.98 Å². The molecular formula is C19H29N5. The van der Waals surface area contributed by atoms with Crippen LogP contribution in [0.5, 0.6) is 0 Å². The predicted octanol–water partition coefficient (Wildman–Crippen LogP) is 4.74. The summed E-state index contributed by atoms with van der Waals surface area (Å²) in [6.07, 6.45) is 9.31. The molecule has 2 N–H and O–H groups in total. The average Bonchev–Trinajstić information content (AvgIpc) is 3.09. The van der Waals surface area contributed by atoms with Crippen LogP contribution in [0.25, 0.3) is 5.57 Å². The monoisotopic (exact) mass is 327 g/mol. The van der Waals surface area contributed by atoms with E-state index in [2.05, 4.69) is 47.2 Å². The quantitative estimate of drug-likeness (QED) is 0.535. The van der Waals surface area contributed by atoms with E-state index in [1.54, 1.807) is 6.20 Å². The van der Waals surface area contributed by atoms with Crippen molar-refractivity contribution in [1.82, 2.24) is 4.98 Å². The van der Waals surface area contributed by atoms with Gasteiger partial charge in [0.25, 0.3) is 0 Å². The molecule has 1 aromatic rings. The number of hydrogen-bond acceptors (Lipinski definition) is 4. The van der Waals surface area contributed by atoms with Crippen LogP contribution in [0.15, 0.2) is 28.3 Å². The van der Waals surface area contributed by atoms with Gasteiger partial charge in [0, 0.05) is 18.3 Å². The van der Waals surface area contributed by atoms with Gasteiger partial charge in [0.15, 0.2) is 0 Å². The maximum absolute atomic E-state index is 4.84. The Morgan fingerprint density at radius 2 is 2.17 bits per heavy atom. The number of pyridine rings is 1. The van der Waals surface area contributed by atoms with Crippen LogP contribution in [0.4, 0.5) is 11.5 Å². The van der Waals surface area contributed by atoms with E-state index in [0.29, 0.717) is 12.1 Å². The third-order valence-corrected chi connectivity index (χ3v) is 4.43. The molecule has 0 bridgehead atoms. The van der Waals surface area contributed by atoms with E-state index in [0.717, 1.165) is 29.2 Å². The first-order valence-electron chi connectivity index (χ1n) is 8.82. The number of aromatic nitrogens is 1. The van der Waals surface area contributed by atoms with Crippen molar-refractivity contribution in [2.75, 3.05) is 10.6 Å². The summed E-state index contributed by atoms with van der Waals surface area (Å²) in [4.78, 5) is 12.5. The molecule has 1 aliphatic carbocycles. The van der Waals surface area contributed by atoms with Gasteiger partial charge < -0.3 is 10.6 Å². The Morgan fingerprint density at radius 3 is 2.83 bits per heavy atom. The molecule has 130 valence electrons. The third-order valence-electron chi connectivity index (χ3n) is 4.43. The lowest BCUT2D eigenvalue weighted by Gasteiger charge is -2.20. The number of nitrogens with one attached hydrogen (secondary N) is 2. The van der Waals surface area contributed by atoms with Crippen molar-refractivity contribution in [3.05, 3.63) is 24.0 Å². The SMILES string of the molecule is C=N/C=N\C=C(/C)c1ccc(NC(C)CC)c(NC2CCCC2)n1. The molecule has 1 heterocycles. The van der Waals surface area contributed by atoms with Crippen LogP contribution in [-0.4, -0.2) is 30.1 Å². The molecule has 24 heavy (non-hydrogen) atoms. The van der Waals surface area contributed by atoms with Gasteiger partial charge >= 0.3 is 0 Å². The minimum atomic E-state index is 0.418. The zero-order valence-electron chi connectivity index (χ0n) is 15.0. The van der Waals surface area contributed by atoms with Gasteiger partial charge in [-0.2, -0.15) is 0 Å². The molecule has 2 rings (SSSR count). The first-order chi connectivity index (χ1) is 11.6. The molecule has 1 atom stereocenters. The Labute approximate surface area is 145 Å². The molecule has 1 aromatic heterocycles. The molecule has 0 spiro atoms. The summed E-state index contributed by atoms with van der Waals surface area (Å²) in [6.45, 7) is 9.76. The highest BCUT2D eigenvalue weighted by molar-refractivity contribution is 5.71. The van der Waals surface area contributed by atoms with Gasteiger partial charge in [-0.25, -0.2) is 9.98 Å². The Bertz CT molecular complexity index is 600. The zero-order valence-corrected chi connectivity index (χ0v) is 15.0. The number of aliphatic imine (C=N–C) groups is 2. The maximum Gasteiger partial charge on any atom is 0.150 e. The summed E-state index contributed by atoms with van der Waals surface area (Å²) in [5.74, 6) is 0.943. The number of nitrogens with zero attached hydrogens (tertiary/aromatic N) is 3. The van der Waals surface area contributed by atoms with Crippen LogP contribution in [0.2, 0.25) is 0 Å². The largest absolute Gasteiger partial charge is 0.380 e. The summed E-state index contributed by atoms with van der Waals surface area (Å²) < 4.78 is 0.